The molecule has 1 atom stereocenters. The van der Waals surface area contributed by atoms with Crippen molar-refractivity contribution < 1.29 is 0 Å². The van der Waals surface area contributed by atoms with Crippen molar-refractivity contribution in [3.63, 3.8) is 0 Å². The average Bonchev–Trinajstić information content (AvgIpc) is 2.82. The zero-order valence-corrected chi connectivity index (χ0v) is 22.8. The molecule has 0 nitrogen and oxygen atoms in total. The number of unbranched alkanes of at least 4 members (excludes halogenated alkanes) is 3. The lowest BCUT2D eigenvalue weighted by Gasteiger charge is -2.40. The van der Waals surface area contributed by atoms with Gasteiger partial charge in [0.2, 0.25) is 0 Å². The molecule has 0 saturated heterocycles. The first-order chi connectivity index (χ1) is 12.4. The van der Waals surface area contributed by atoms with Crippen LogP contribution in [-0.2, 0) is 0 Å². The Kier molecular flexibility index (Phi) is 8.34. The molecule has 1 unspecified atom stereocenters. The number of hydrogen-bond acceptors (Lipinski definition) is 0. The van der Waals surface area contributed by atoms with Crippen LogP contribution in [0.3, 0.4) is 0 Å². The Morgan fingerprint density at radius 1 is 0.607 bits per heavy atom. The number of hydrogen-bond donors (Lipinski definition) is 0. The topological polar surface area (TPSA) is 0 Å². The molecule has 1 rings (SSSR count). The van der Waals surface area contributed by atoms with Gasteiger partial charge in [-0.05, 0) is 52.1 Å². The van der Waals surface area contributed by atoms with Gasteiger partial charge in [0.15, 0.2) is 0 Å². The molecule has 0 radical (unpaired) electrons. The van der Waals surface area contributed by atoms with Gasteiger partial charge in [0.25, 0.3) is 0 Å². The van der Waals surface area contributed by atoms with E-state index in [9.17, 15) is 0 Å². The van der Waals surface area contributed by atoms with Gasteiger partial charge < -0.3 is 0 Å². The molecule has 0 heterocycles. The van der Waals surface area contributed by atoms with E-state index in [0.717, 1.165) is 5.33 Å². The van der Waals surface area contributed by atoms with Crippen LogP contribution in [0.15, 0.2) is 22.3 Å². The molecular weight excluding hydrogens is 404 g/mol. The van der Waals surface area contributed by atoms with Gasteiger partial charge in [-0.25, -0.2) is 0 Å². The molecule has 0 aromatic carbocycles. The Hall–Kier alpha value is -0.0400. The number of alkyl halides is 1. The Labute approximate surface area is 186 Å². The molecule has 0 fully saturated rings. The highest BCUT2D eigenvalue weighted by molar-refractivity contribution is 9.09. The summed E-state index contributed by atoms with van der Waals surface area (Å²) >= 11 is 3.58. The first-order valence-electron chi connectivity index (χ1n) is 11.5. The predicted octanol–water partition coefficient (Wildman–Crippen LogP) is 9.74. The van der Waals surface area contributed by atoms with Crippen LogP contribution in [0.4, 0.5) is 0 Å². The Balaban J connectivity index is 3.64. The fourth-order valence-corrected chi connectivity index (χ4v) is 5.59. The molecule has 1 aliphatic rings. The van der Waals surface area contributed by atoms with Crippen LogP contribution in [0.1, 0.15) is 115 Å². The number of allylic oxidation sites excluding steroid dienone is 4. The van der Waals surface area contributed by atoms with Gasteiger partial charge in [0.05, 0.1) is 0 Å². The number of rotatable bonds is 6. The maximum Gasteiger partial charge on any atom is 0.00730 e. The fraction of sp³-hybridized carbons (Fsp3) is 0.852. The monoisotopic (exact) mass is 452 g/mol. The molecule has 0 saturated carbocycles. The van der Waals surface area contributed by atoms with E-state index < -0.39 is 0 Å². The van der Waals surface area contributed by atoms with Gasteiger partial charge in [-0.2, -0.15) is 0 Å². The summed E-state index contributed by atoms with van der Waals surface area (Å²) < 4.78 is 0. The quantitative estimate of drug-likeness (QED) is 0.277. The summed E-state index contributed by atoms with van der Waals surface area (Å²) in [6, 6.07) is 0. The van der Waals surface area contributed by atoms with Crippen LogP contribution in [0.5, 0.6) is 0 Å². The van der Waals surface area contributed by atoms with E-state index >= 15 is 0 Å². The highest BCUT2D eigenvalue weighted by Gasteiger charge is 2.48. The normalized spacial score (nSPS) is 19.8. The second-order valence-electron chi connectivity index (χ2n) is 13.1. The molecule has 0 aromatic heterocycles. The zero-order valence-electron chi connectivity index (χ0n) is 21.2. The van der Waals surface area contributed by atoms with E-state index in [4.69, 9.17) is 0 Å². The molecule has 0 N–H and O–H groups in total. The Morgan fingerprint density at radius 3 is 1.43 bits per heavy atom. The predicted molar refractivity (Wildman–Crippen MR) is 132 cm³/mol. The van der Waals surface area contributed by atoms with Crippen molar-refractivity contribution in [1.29, 1.82) is 0 Å². The van der Waals surface area contributed by atoms with Gasteiger partial charge in [0.1, 0.15) is 0 Å². The third-order valence-corrected chi connectivity index (χ3v) is 6.54. The minimum absolute atomic E-state index is 0.173. The lowest BCUT2D eigenvalue weighted by atomic mass is 9.65. The molecule has 0 aliphatic heterocycles. The summed E-state index contributed by atoms with van der Waals surface area (Å²) in [6.07, 6.45) is 6.57. The van der Waals surface area contributed by atoms with Crippen molar-refractivity contribution in [3.05, 3.63) is 22.3 Å². The van der Waals surface area contributed by atoms with E-state index in [1.54, 1.807) is 22.3 Å². The maximum atomic E-state index is 3.58. The van der Waals surface area contributed by atoms with Gasteiger partial charge in [0, 0.05) is 11.2 Å². The fourth-order valence-electron chi connectivity index (χ4n) is 5.19. The lowest BCUT2D eigenvalue weighted by Crippen LogP contribution is -2.30. The van der Waals surface area contributed by atoms with Crippen molar-refractivity contribution in [3.8, 4) is 0 Å². The largest absolute Gasteiger partial charge is 0.0928 e. The van der Waals surface area contributed by atoms with Crippen molar-refractivity contribution in [2.75, 3.05) is 5.33 Å². The zero-order chi connectivity index (χ0) is 22.1. The van der Waals surface area contributed by atoms with Crippen LogP contribution < -0.4 is 0 Å². The second kappa shape index (κ2) is 8.99. The van der Waals surface area contributed by atoms with E-state index in [0.29, 0.717) is 5.92 Å². The SMILES string of the molecule is CC(C)(C)C1=C(CCCCCCBr)C(C(C)(C)C)C(C(C)(C)C)=C1C(C)(C)C. The summed E-state index contributed by atoms with van der Waals surface area (Å²) in [7, 11) is 0. The van der Waals surface area contributed by atoms with Crippen LogP contribution >= 0.6 is 15.9 Å². The van der Waals surface area contributed by atoms with Crippen molar-refractivity contribution in [1.82, 2.24) is 0 Å². The molecule has 0 bridgehead atoms. The summed E-state index contributed by atoms with van der Waals surface area (Å²) in [4.78, 5) is 0. The minimum atomic E-state index is 0.173. The smallest absolute Gasteiger partial charge is 0.00730 e. The third kappa shape index (κ3) is 6.23. The summed E-state index contributed by atoms with van der Waals surface area (Å²) in [5, 5.41) is 1.14. The van der Waals surface area contributed by atoms with Crippen LogP contribution in [0.25, 0.3) is 0 Å². The van der Waals surface area contributed by atoms with Crippen molar-refractivity contribution in [2.24, 2.45) is 27.6 Å². The molecule has 0 amide bonds. The average molecular weight is 454 g/mol. The van der Waals surface area contributed by atoms with Gasteiger partial charge in [-0.1, -0.05) is 123 Å². The van der Waals surface area contributed by atoms with E-state index in [2.05, 4.69) is 99.0 Å². The first-order valence-corrected chi connectivity index (χ1v) is 12.6. The first kappa shape index (κ1) is 26.0. The molecule has 0 aromatic rings. The van der Waals surface area contributed by atoms with Gasteiger partial charge >= 0.3 is 0 Å². The second-order valence-corrected chi connectivity index (χ2v) is 13.9. The van der Waals surface area contributed by atoms with Crippen molar-refractivity contribution in [2.45, 2.75) is 115 Å². The molecule has 1 heteroatoms. The Morgan fingerprint density at radius 2 is 1.07 bits per heavy atom. The standard InChI is InChI=1S/C27H49Br/c1-24(2,3)20-19(17-15-13-14-16-18-28)21(25(4,5)6)23(27(10,11)12)22(20)26(7,8)9/h20H,13-18H2,1-12H3. The molecular formula is C27H49Br. The van der Waals surface area contributed by atoms with E-state index in [1.807, 2.05) is 0 Å². The molecule has 28 heavy (non-hydrogen) atoms. The lowest BCUT2D eigenvalue weighted by molar-refractivity contribution is 0.270. The van der Waals surface area contributed by atoms with Crippen molar-refractivity contribution >= 4 is 15.9 Å². The molecule has 164 valence electrons. The van der Waals surface area contributed by atoms with Gasteiger partial charge in [-0.3, -0.25) is 0 Å². The van der Waals surface area contributed by atoms with Crippen LogP contribution in [0.2, 0.25) is 0 Å². The highest BCUT2D eigenvalue weighted by Crippen LogP contribution is 2.60. The maximum absolute atomic E-state index is 3.58. The number of halogens is 1. The van der Waals surface area contributed by atoms with Gasteiger partial charge in [-0.15, -0.1) is 0 Å². The van der Waals surface area contributed by atoms with Crippen LogP contribution in [-0.4, -0.2) is 5.33 Å². The molecule has 0 spiro atoms. The Bertz CT molecular complexity index is 588. The van der Waals surface area contributed by atoms with E-state index in [-0.39, 0.29) is 21.7 Å². The summed E-state index contributed by atoms with van der Waals surface area (Å²) in [5.41, 5.74) is 7.62. The molecule has 1 aliphatic carbocycles. The highest BCUT2D eigenvalue weighted by atomic mass is 79.9. The van der Waals surface area contributed by atoms with E-state index in [1.165, 1.54) is 32.1 Å². The summed E-state index contributed by atoms with van der Waals surface area (Å²) in [6.45, 7) is 29.3. The summed E-state index contributed by atoms with van der Waals surface area (Å²) in [5.74, 6) is 0.562. The third-order valence-electron chi connectivity index (χ3n) is 5.98. The minimum Gasteiger partial charge on any atom is -0.0928 e. The van der Waals surface area contributed by atoms with Crippen LogP contribution in [0, 0.1) is 27.6 Å².